The fraction of sp³-hybridized carbons (Fsp3) is 0.477. The van der Waals surface area contributed by atoms with Gasteiger partial charge in [0.2, 0.25) is 11.8 Å². The van der Waals surface area contributed by atoms with Gasteiger partial charge in [-0.2, -0.15) is 5.26 Å². The molecule has 0 unspecified atom stereocenters. The van der Waals surface area contributed by atoms with Crippen molar-refractivity contribution in [2.24, 2.45) is 17.3 Å². The van der Waals surface area contributed by atoms with E-state index in [0.29, 0.717) is 18.8 Å². The van der Waals surface area contributed by atoms with Crippen LogP contribution >= 0.6 is 0 Å². The molecule has 15 nitrogen and oxygen atoms in total. The number of aromatic amines is 2. The molecule has 2 aromatic carbocycles. The van der Waals surface area contributed by atoms with E-state index in [1.165, 1.54) is 14.2 Å². The van der Waals surface area contributed by atoms with Crippen molar-refractivity contribution < 1.29 is 28.7 Å². The molecule has 59 heavy (non-hydrogen) atoms. The third kappa shape index (κ3) is 9.43. The minimum absolute atomic E-state index is 0.109. The van der Waals surface area contributed by atoms with Crippen LogP contribution in [-0.2, 0) is 19.1 Å². The smallest absolute Gasteiger partial charge is 0.407 e. The molecule has 2 fully saturated rings. The third-order valence-electron chi connectivity index (χ3n) is 11.6. The van der Waals surface area contributed by atoms with E-state index in [2.05, 4.69) is 43.8 Å². The van der Waals surface area contributed by atoms with Crippen molar-refractivity contribution in [2.45, 2.75) is 90.9 Å². The molecule has 312 valence electrons. The highest BCUT2D eigenvalue weighted by Crippen LogP contribution is 2.58. The van der Waals surface area contributed by atoms with Gasteiger partial charge in [0.1, 0.15) is 23.7 Å². The van der Waals surface area contributed by atoms with E-state index in [1.807, 2.05) is 82.1 Å². The van der Waals surface area contributed by atoms with Crippen LogP contribution in [0.25, 0.3) is 33.6 Å². The number of amides is 4. The maximum absolute atomic E-state index is 13.9. The number of hydrogen-bond acceptors (Lipinski definition) is 9. The van der Waals surface area contributed by atoms with Crippen LogP contribution in [0.4, 0.5) is 9.59 Å². The molecule has 2 aliphatic rings. The van der Waals surface area contributed by atoms with Crippen molar-refractivity contribution in [3.8, 4) is 39.7 Å². The molecule has 1 saturated carbocycles. The van der Waals surface area contributed by atoms with Gasteiger partial charge in [0.25, 0.3) is 0 Å². The van der Waals surface area contributed by atoms with Gasteiger partial charge in [-0.05, 0) is 65.2 Å². The number of alkyl carbamates (subject to hydrolysis) is 2. The Labute approximate surface area is 345 Å². The van der Waals surface area contributed by atoms with E-state index in [-0.39, 0.29) is 48.1 Å². The summed E-state index contributed by atoms with van der Waals surface area (Å²) >= 11 is 0. The van der Waals surface area contributed by atoms with Crippen molar-refractivity contribution in [1.29, 1.82) is 5.26 Å². The summed E-state index contributed by atoms with van der Waals surface area (Å²) in [5.41, 5.74) is 5.68. The van der Waals surface area contributed by atoms with Crippen molar-refractivity contribution in [1.82, 2.24) is 40.4 Å². The number of carbonyl (C=O) groups is 4. The highest BCUT2D eigenvalue weighted by molar-refractivity contribution is 5.87. The number of aromatic nitrogens is 4. The fourth-order valence-corrected chi connectivity index (χ4v) is 7.97. The summed E-state index contributed by atoms with van der Waals surface area (Å²) in [6.07, 6.45) is 5.89. The molecular formula is C44H55N9O6. The van der Waals surface area contributed by atoms with Gasteiger partial charge in [0.15, 0.2) is 0 Å². The Bertz CT molecular complexity index is 2150. The Morgan fingerprint density at radius 3 is 1.88 bits per heavy atom. The van der Waals surface area contributed by atoms with Crippen molar-refractivity contribution in [3.05, 3.63) is 72.6 Å². The predicted molar refractivity (Wildman–Crippen MR) is 221 cm³/mol. The summed E-state index contributed by atoms with van der Waals surface area (Å²) in [6, 6.07) is 16.3. The summed E-state index contributed by atoms with van der Waals surface area (Å²) < 4.78 is 9.57. The number of nitrogens with zero attached hydrogens (tertiary/aromatic N) is 5. The van der Waals surface area contributed by atoms with E-state index in [9.17, 15) is 24.4 Å². The average Bonchev–Trinajstić information content (AvgIpc) is 3.56. The molecule has 1 saturated heterocycles. The Balaban J connectivity index is 1.15. The van der Waals surface area contributed by atoms with Gasteiger partial charge < -0.3 is 39.9 Å². The molecule has 2 aromatic heterocycles. The van der Waals surface area contributed by atoms with E-state index in [4.69, 9.17) is 14.5 Å². The lowest BCUT2D eigenvalue weighted by Gasteiger charge is -2.34. The van der Waals surface area contributed by atoms with Crippen molar-refractivity contribution in [2.75, 3.05) is 27.3 Å². The SMILES string of the molecule is CC[C@@H](c1ncc(-c2ccc(-c3ccc(-c4cnc([C@@H]5CC6(CC6)CN5C(=O)[C@@H](NC(=O)OC)C(C)C)[nH]4)cc3)cc2)[nH]1)N(CCC#N)C(=O)[C@@H](NC(=O)OC)C(C)C. The number of nitrogens with one attached hydrogen (secondary N) is 4. The maximum atomic E-state index is 13.9. The monoisotopic (exact) mass is 805 g/mol. The molecule has 4 aromatic rings. The van der Waals surface area contributed by atoms with Crippen LogP contribution < -0.4 is 10.6 Å². The topological polar surface area (TPSA) is 198 Å². The fourth-order valence-electron chi connectivity index (χ4n) is 7.97. The van der Waals surface area contributed by atoms with Gasteiger partial charge in [-0.25, -0.2) is 19.6 Å². The summed E-state index contributed by atoms with van der Waals surface area (Å²) in [6.45, 7) is 10.3. The molecule has 3 heterocycles. The van der Waals surface area contributed by atoms with Crippen molar-refractivity contribution >= 4 is 24.0 Å². The minimum Gasteiger partial charge on any atom is -0.453 e. The van der Waals surface area contributed by atoms with Crippen LogP contribution in [0.1, 0.15) is 90.5 Å². The standard InChI is InChI=1S/C44H55N9O6/c1-8-34(52(21-9-20-45)40(54)36(26(2)3)50-42(56)58-6)38-46-23-32(48-38)30-14-10-28(11-15-30)29-12-16-31(17-13-29)33-24-47-39(49-33)35-22-44(18-19-44)25-53(35)41(55)37(27(4)5)51-43(57)59-7/h10-17,23-24,26-27,34-37H,8-9,18-19,21-22,25H2,1-7H3,(H,46,48)(H,47,49)(H,50,56)(H,51,57)/t34-,35-,36-,37-/m0/s1. The van der Waals surface area contributed by atoms with E-state index in [1.54, 1.807) is 11.1 Å². The number of imidazole rings is 2. The van der Waals surface area contributed by atoms with Gasteiger partial charge in [0.05, 0.1) is 62.6 Å². The quantitative estimate of drug-likeness (QED) is 0.0965. The number of rotatable bonds is 15. The van der Waals surface area contributed by atoms with E-state index < -0.39 is 30.3 Å². The van der Waals surface area contributed by atoms with E-state index in [0.717, 1.165) is 58.7 Å². The highest BCUT2D eigenvalue weighted by atomic mass is 16.5. The second kappa shape index (κ2) is 18.2. The maximum Gasteiger partial charge on any atom is 0.407 e. The Morgan fingerprint density at radius 2 is 1.37 bits per heavy atom. The van der Waals surface area contributed by atoms with Crippen molar-refractivity contribution in [3.63, 3.8) is 0 Å². The number of carbonyl (C=O) groups excluding carboxylic acids is 4. The van der Waals surface area contributed by atoms with Gasteiger partial charge in [-0.15, -0.1) is 0 Å². The van der Waals surface area contributed by atoms with Crippen LogP contribution in [0.5, 0.6) is 0 Å². The van der Waals surface area contributed by atoms with Crippen LogP contribution in [0.3, 0.4) is 0 Å². The van der Waals surface area contributed by atoms with E-state index >= 15 is 0 Å². The molecule has 0 radical (unpaired) electrons. The van der Waals surface area contributed by atoms with Gasteiger partial charge in [-0.1, -0.05) is 83.1 Å². The average molecular weight is 806 g/mol. The summed E-state index contributed by atoms with van der Waals surface area (Å²) in [5, 5.41) is 14.8. The Hall–Kier alpha value is -6.17. The molecule has 4 N–H and O–H groups in total. The van der Waals surface area contributed by atoms with Crippen LogP contribution in [0, 0.1) is 28.6 Å². The zero-order valence-corrected chi connectivity index (χ0v) is 34.9. The van der Waals surface area contributed by atoms with Crippen LogP contribution in [0.2, 0.25) is 0 Å². The first-order valence-electron chi connectivity index (χ1n) is 20.3. The second-order valence-electron chi connectivity index (χ2n) is 16.3. The molecule has 1 aliphatic heterocycles. The molecular weight excluding hydrogens is 751 g/mol. The lowest BCUT2D eigenvalue weighted by molar-refractivity contribution is -0.137. The number of likely N-dealkylation sites (tertiary alicyclic amines) is 1. The minimum atomic E-state index is -0.833. The zero-order valence-electron chi connectivity index (χ0n) is 34.9. The van der Waals surface area contributed by atoms with Gasteiger partial charge >= 0.3 is 12.2 Å². The molecule has 4 amide bonds. The molecule has 1 aliphatic carbocycles. The number of benzene rings is 2. The highest BCUT2D eigenvalue weighted by Gasteiger charge is 2.55. The Morgan fingerprint density at radius 1 is 0.847 bits per heavy atom. The third-order valence-corrected chi connectivity index (χ3v) is 11.6. The normalized spacial score (nSPS) is 16.9. The summed E-state index contributed by atoms with van der Waals surface area (Å²) in [5.74, 6) is 0.567. The van der Waals surface area contributed by atoms with Crippen LogP contribution in [0.15, 0.2) is 60.9 Å². The number of ether oxygens (including phenoxy) is 2. The number of H-pyrrole nitrogens is 2. The number of hydrogen-bond donors (Lipinski definition) is 4. The first kappa shape index (κ1) is 42.4. The molecule has 1 spiro atoms. The number of methoxy groups -OCH3 is 2. The first-order chi connectivity index (χ1) is 28.3. The Kier molecular flexibility index (Phi) is 13.1. The lowest BCUT2D eigenvalue weighted by atomic mass is 10.0. The molecule has 15 heteroatoms. The van der Waals surface area contributed by atoms with Gasteiger partial charge in [-0.3, -0.25) is 9.59 Å². The summed E-state index contributed by atoms with van der Waals surface area (Å²) in [7, 11) is 2.55. The summed E-state index contributed by atoms with van der Waals surface area (Å²) in [4.78, 5) is 71.7. The predicted octanol–water partition coefficient (Wildman–Crippen LogP) is 7.14. The molecule has 6 rings (SSSR count). The molecule has 0 bridgehead atoms. The first-order valence-corrected chi connectivity index (χ1v) is 20.3. The number of nitriles is 1. The largest absolute Gasteiger partial charge is 0.453 e. The molecule has 4 atom stereocenters. The lowest BCUT2D eigenvalue weighted by Crippen LogP contribution is -2.52. The second-order valence-corrected chi connectivity index (χ2v) is 16.3. The van der Waals surface area contributed by atoms with Crippen LogP contribution in [-0.4, -0.2) is 93.1 Å². The van der Waals surface area contributed by atoms with Gasteiger partial charge in [0, 0.05) is 13.1 Å². The zero-order chi connectivity index (χ0) is 42.4.